The van der Waals surface area contributed by atoms with Crippen LogP contribution in [-0.4, -0.2) is 34.5 Å². The first kappa shape index (κ1) is 18.3. The van der Waals surface area contributed by atoms with E-state index in [-0.39, 0.29) is 0 Å². The van der Waals surface area contributed by atoms with Crippen molar-refractivity contribution in [2.45, 2.75) is 19.8 Å². The average molecular weight is 374 g/mol. The molecule has 1 aromatic carbocycles. The summed E-state index contributed by atoms with van der Waals surface area (Å²) in [5.41, 5.74) is 7.06. The monoisotopic (exact) mass is 373 g/mol. The van der Waals surface area contributed by atoms with Crippen molar-refractivity contribution in [1.82, 2.24) is 14.7 Å². The molecule has 0 amide bonds. The predicted molar refractivity (Wildman–Crippen MR) is 116 cm³/mol. The number of aryl methyl sites for hydroxylation is 1. The fourth-order valence-corrected chi connectivity index (χ4v) is 3.68. The normalized spacial score (nSPS) is 18.8. The molecule has 0 aliphatic carbocycles. The lowest BCUT2D eigenvalue weighted by Gasteiger charge is -2.28. The van der Waals surface area contributed by atoms with Crippen LogP contribution in [0.2, 0.25) is 0 Å². The molecule has 28 heavy (non-hydrogen) atoms. The van der Waals surface area contributed by atoms with Crippen LogP contribution in [-0.2, 0) is 13.5 Å². The Labute approximate surface area is 167 Å². The molecule has 1 atom stereocenters. The minimum absolute atomic E-state index is 0.458. The van der Waals surface area contributed by atoms with E-state index in [0.29, 0.717) is 5.92 Å². The molecule has 144 valence electrons. The van der Waals surface area contributed by atoms with Crippen LogP contribution < -0.4 is 4.90 Å². The summed E-state index contributed by atoms with van der Waals surface area (Å²) in [4.78, 5) is 9.14. The second-order valence-corrected chi connectivity index (χ2v) is 7.74. The van der Waals surface area contributed by atoms with Gasteiger partial charge in [0, 0.05) is 57.4 Å². The van der Waals surface area contributed by atoms with Crippen LogP contribution in [0.3, 0.4) is 0 Å². The third-order valence-corrected chi connectivity index (χ3v) is 5.19. The Hall–Kier alpha value is -3.08. The molecule has 1 aromatic heterocycles. The number of fused-ring (bicyclic) bond motifs is 1. The van der Waals surface area contributed by atoms with Crippen molar-refractivity contribution >= 4 is 17.1 Å². The van der Waals surface area contributed by atoms with E-state index in [4.69, 9.17) is 4.99 Å². The van der Waals surface area contributed by atoms with Gasteiger partial charge < -0.3 is 9.80 Å². The lowest BCUT2D eigenvalue weighted by Crippen LogP contribution is -2.25. The van der Waals surface area contributed by atoms with Gasteiger partial charge in [-0.15, -0.1) is 0 Å². The van der Waals surface area contributed by atoms with Crippen molar-refractivity contribution in [2.24, 2.45) is 18.0 Å². The number of aromatic nitrogens is 2. The molecule has 0 radical (unpaired) electrons. The Bertz CT molecular complexity index is 990. The zero-order valence-corrected chi connectivity index (χ0v) is 17.0. The molecule has 4 rings (SSSR count). The molecule has 2 aliphatic rings. The summed E-state index contributed by atoms with van der Waals surface area (Å²) in [7, 11) is 6.10. The molecule has 2 aliphatic heterocycles. The minimum atomic E-state index is 0.458. The number of benzene rings is 1. The number of allylic oxidation sites excluding steroid dienone is 3. The number of hydrogen-bond donors (Lipinski definition) is 0. The number of anilines is 1. The van der Waals surface area contributed by atoms with E-state index in [9.17, 15) is 0 Å². The van der Waals surface area contributed by atoms with Gasteiger partial charge in [0.05, 0.1) is 23.3 Å². The molecule has 0 spiro atoms. The highest BCUT2D eigenvalue weighted by Crippen LogP contribution is 2.33. The van der Waals surface area contributed by atoms with Gasteiger partial charge in [-0.25, -0.2) is 0 Å². The van der Waals surface area contributed by atoms with Gasteiger partial charge in [0.25, 0.3) is 0 Å². The Morgan fingerprint density at radius 2 is 2.07 bits per heavy atom. The molecule has 0 saturated carbocycles. The molecule has 5 heteroatoms. The Morgan fingerprint density at radius 1 is 1.21 bits per heavy atom. The van der Waals surface area contributed by atoms with E-state index in [1.54, 1.807) is 0 Å². The zero-order valence-electron chi connectivity index (χ0n) is 17.0. The topological polar surface area (TPSA) is 36.7 Å². The van der Waals surface area contributed by atoms with Gasteiger partial charge in [-0.1, -0.05) is 31.2 Å². The highest BCUT2D eigenvalue weighted by atomic mass is 15.2. The average Bonchev–Trinajstić information content (AvgIpc) is 3.03. The maximum atomic E-state index is 4.75. The van der Waals surface area contributed by atoms with Crippen molar-refractivity contribution in [3.05, 3.63) is 78.0 Å². The second-order valence-electron chi connectivity index (χ2n) is 7.74. The fraction of sp³-hybridized carbons (Fsp3) is 0.304. The van der Waals surface area contributed by atoms with Crippen molar-refractivity contribution in [3.63, 3.8) is 0 Å². The summed E-state index contributed by atoms with van der Waals surface area (Å²) in [6.07, 6.45) is 14.4. The SMILES string of the molecule is CC1C=C(c2cnn(C)c2)N2C=CN=C(Cc3cccc(N(C)C)c3)C2=CC1. The van der Waals surface area contributed by atoms with Crippen LogP contribution in [0.1, 0.15) is 24.5 Å². The van der Waals surface area contributed by atoms with Crippen molar-refractivity contribution in [3.8, 4) is 0 Å². The van der Waals surface area contributed by atoms with Gasteiger partial charge in [-0.05, 0) is 30.0 Å². The highest BCUT2D eigenvalue weighted by Gasteiger charge is 2.24. The summed E-state index contributed by atoms with van der Waals surface area (Å²) in [5.74, 6) is 0.458. The van der Waals surface area contributed by atoms with E-state index in [2.05, 4.69) is 84.7 Å². The van der Waals surface area contributed by atoms with Gasteiger partial charge in [0.15, 0.2) is 0 Å². The molecule has 0 N–H and O–H groups in total. The number of hydrogen-bond acceptors (Lipinski definition) is 4. The molecule has 2 aromatic rings. The summed E-state index contributed by atoms with van der Waals surface area (Å²) >= 11 is 0. The molecular formula is C23H27N5. The predicted octanol–water partition coefficient (Wildman–Crippen LogP) is 4.22. The van der Waals surface area contributed by atoms with E-state index in [0.717, 1.165) is 24.1 Å². The van der Waals surface area contributed by atoms with Gasteiger partial charge >= 0.3 is 0 Å². The molecule has 0 fully saturated rings. The number of aliphatic imine (C=N–C) groups is 1. The summed E-state index contributed by atoms with van der Waals surface area (Å²) < 4.78 is 1.85. The maximum Gasteiger partial charge on any atom is 0.0684 e. The Balaban J connectivity index is 1.67. The van der Waals surface area contributed by atoms with Crippen LogP contribution >= 0.6 is 0 Å². The molecule has 3 heterocycles. The second kappa shape index (κ2) is 7.50. The lowest BCUT2D eigenvalue weighted by molar-refractivity contribution is 0.678. The molecule has 5 nitrogen and oxygen atoms in total. The number of nitrogens with zero attached hydrogens (tertiary/aromatic N) is 5. The van der Waals surface area contributed by atoms with E-state index in [1.807, 2.05) is 24.1 Å². The molecular weight excluding hydrogens is 346 g/mol. The van der Waals surface area contributed by atoms with Crippen molar-refractivity contribution in [2.75, 3.05) is 19.0 Å². The van der Waals surface area contributed by atoms with Crippen LogP contribution in [0.15, 0.2) is 71.9 Å². The molecule has 0 bridgehead atoms. The lowest BCUT2D eigenvalue weighted by atomic mass is 10.0. The first-order chi connectivity index (χ1) is 13.5. The Kier molecular flexibility index (Phi) is 4.90. The van der Waals surface area contributed by atoms with E-state index in [1.165, 1.54) is 22.6 Å². The number of rotatable bonds is 4. The zero-order chi connectivity index (χ0) is 19.7. The van der Waals surface area contributed by atoms with Crippen molar-refractivity contribution in [1.29, 1.82) is 0 Å². The van der Waals surface area contributed by atoms with Gasteiger partial charge in [-0.2, -0.15) is 5.10 Å². The first-order valence-corrected chi connectivity index (χ1v) is 9.71. The smallest absolute Gasteiger partial charge is 0.0684 e. The summed E-state index contributed by atoms with van der Waals surface area (Å²) in [6.45, 7) is 2.26. The maximum absolute atomic E-state index is 4.75. The Morgan fingerprint density at radius 3 is 2.82 bits per heavy atom. The van der Waals surface area contributed by atoms with Crippen LogP contribution in [0.25, 0.3) is 5.70 Å². The van der Waals surface area contributed by atoms with Gasteiger partial charge in [0.2, 0.25) is 0 Å². The van der Waals surface area contributed by atoms with Gasteiger partial charge in [-0.3, -0.25) is 9.67 Å². The first-order valence-electron chi connectivity index (χ1n) is 9.71. The molecule has 0 saturated heterocycles. The summed E-state index contributed by atoms with van der Waals surface area (Å²) in [6, 6.07) is 8.67. The largest absolute Gasteiger partial charge is 0.378 e. The van der Waals surface area contributed by atoms with E-state index >= 15 is 0 Å². The van der Waals surface area contributed by atoms with Gasteiger partial charge in [0.1, 0.15) is 0 Å². The highest BCUT2D eigenvalue weighted by molar-refractivity contribution is 6.03. The third kappa shape index (κ3) is 3.65. The fourth-order valence-electron chi connectivity index (χ4n) is 3.68. The summed E-state index contributed by atoms with van der Waals surface area (Å²) in [5, 5.41) is 4.37. The van der Waals surface area contributed by atoms with Crippen LogP contribution in [0.4, 0.5) is 5.69 Å². The quantitative estimate of drug-likeness (QED) is 0.805. The van der Waals surface area contributed by atoms with Crippen LogP contribution in [0, 0.1) is 5.92 Å². The third-order valence-electron chi connectivity index (χ3n) is 5.19. The van der Waals surface area contributed by atoms with E-state index < -0.39 is 0 Å². The van der Waals surface area contributed by atoms with Crippen LogP contribution in [0.5, 0.6) is 0 Å². The molecule has 1 unspecified atom stereocenters. The minimum Gasteiger partial charge on any atom is -0.378 e. The standard InChI is InChI=1S/C23H27N5/c1-17-8-9-22-21(14-18-6-5-7-20(13-18)26(2)3)24-10-11-28(22)23(12-17)19-15-25-27(4)16-19/h5-7,9-13,15-17H,8,14H2,1-4H3. The van der Waals surface area contributed by atoms with Crippen molar-refractivity contribution < 1.29 is 0 Å².